The first kappa shape index (κ1) is 12.8. The van der Waals surface area contributed by atoms with Gasteiger partial charge in [0.15, 0.2) is 0 Å². The molecule has 1 aromatic rings. The number of nitrogens with zero attached hydrogens (tertiary/aromatic N) is 2. The van der Waals surface area contributed by atoms with Crippen molar-refractivity contribution in [2.24, 2.45) is 5.73 Å². The molecule has 4 heteroatoms. The largest absolute Gasteiger partial charge is 0.481 e. The van der Waals surface area contributed by atoms with E-state index in [1.807, 2.05) is 18.2 Å². The third-order valence-corrected chi connectivity index (χ3v) is 2.44. The van der Waals surface area contributed by atoms with Crippen LogP contribution in [-0.2, 0) is 0 Å². The summed E-state index contributed by atoms with van der Waals surface area (Å²) in [6, 6.07) is 6.22. The molecule has 0 atom stereocenters. The number of hydrogen-bond acceptors (Lipinski definition) is 4. The summed E-state index contributed by atoms with van der Waals surface area (Å²) in [6.07, 6.45) is 0.969. The van der Waals surface area contributed by atoms with Gasteiger partial charge < -0.3 is 15.4 Å². The quantitative estimate of drug-likeness (QED) is 0.796. The lowest BCUT2D eigenvalue weighted by Gasteiger charge is -2.27. The van der Waals surface area contributed by atoms with Crippen LogP contribution in [-0.4, -0.2) is 31.2 Å². The number of nitrogens with two attached hydrogens (primary N) is 1. The van der Waals surface area contributed by atoms with Crippen molar-refractivity contribution in [1.29, 1.82) is 0 Å². The van der Waals surface area contributed by atoms with Crippen LogP contribution in [0.1, 0.15) is 20.3 Å². The molecule has 0 saturated carbocycles. The minimum Gasteiger partial charge on any atom is -0.481 e. The summed E-state index contributed by atoms with van der Waals surface area (Å²) in [4.78, 5) is 6.66. The second-order valence-corrected chi connectivity index (χ2v) is 3.97. The van der Waals surface area contributed by atoms with Crippen LogP contribution < -0.4 is 15.4 Å². The van der Waals surface area contributed by atoms with Crippen molar-refractivity contribution in [3.05, 3.63) is 18.2 Å². The molecule has 2 N–H and O–H groups in total. The smallest absolute Gasteiger partial charge is 0.214 e. The lowest BCUT2D eigenvalue weighted by Crippen LogP contribution is -2.33. The topological polar surface area (TPSA) is 51.4 Å². The Morgan fingerprint density at radius 2 is 2.19 bits per heavy atom. The van der Waals surface area contributed by atoms with E-state index in [-0.39, 0.29) is 0 Å². The molecule has 0 spiro atoms. The fourth-order valence-corrected chi connectivity index (χ4v) is 1.58. The molecule has 4 nitrogen and oxygen atoms in total. The fourth-order valence-electron chi connectivity index (χ4n) is 1.58. The molecule has 0 amide bonds. The van der Waals surface area contributed by atoms with Gasteiger partial charge in [0.05, 0.1) is 7.11 Å². The second-order valence-electron chi connectivity index (χ2n) is 3.97. The lowest BCUT2D eigenvalue weighted by atomic mass is 10.2. The first-order valence-electron chi connectivity index (χ1n) is 5.66. The molecule has 0 saturated heterocycles. The minimum atomic E-state index is 0.408. The highest BCUT2D eigenvalue weighted by Gasteiger charge is 2.11. The Kier molecular flexibility index (Phi) is 5.05. The predicted octanol–water partition coefficient (Wildman–Crippen LogP) is 1.65. The molecule has 1 aromatic heterocycles. The SMILES string of the molecule is COc1cccc(N(CCCN)C(C)C)n1. The van der Waals surface area contributed by atoms with Crippen LogP contribution >= 0.6 is 0 Å². The van der Waals surface area contributed by atoms with Gasteiger partial charge in [-0.25, -0.2) is 0 Å². The van der Waals surface area contributed by atoms with Crippen molar-refractivity contribution in [2.75, 3.05) is 25.1 Å². The molecule has 1 heterocycles. The average molecular weight is 223 g/mol. The van der Waals surface area contributed by atoms with Gasteiger partial charge in [-0.3, -0.25) is 0 Å². The Labute approximate surface area is 97.4 Å². The van der Waals surface area contributed by atoms with Gasteiger partial charge >= 0.3 is 0 Å². The molecule has 16 heavy (non-hydrogen) atoms. The maximum Gasteiger partial charge on any atom is 0.214 e. The fraction of sp³-hybridized carbons (Fsp3) is 0.583. The van der Waals surface area contributed by atoms with E-state index >= 15 is 0 Å². The molecule has 0 aromatic carbocycles. The summed E-state index contributed by atoms with van der Waals surface area (Å²) < 4.78 is 5.13. The van der Waals surface area contributed by atoms with Crippen LogP contribution in [0.4, 0.5) is 5.82 Å². The Balaban J connectivity index is 2.82. The average Bonchev–Trinajstić information content (AvgIpc) is 2.29. The van der Waals surface area contributed by atoms with E-state index in [1.54, 1.807) is 7.11 Å². The molecular weight excluding hydrogens is 202 g/mol. The third kappa shape index (κ3) is 3.38. The molecule has 90 valence electrons. The molecule has 0 bridgehead atoms. The molecule has 1 rings (SSSR count). The zero-order valence-corrected chi connectivity index (χ0v) is 10.3. The van der Waals surface area contributed by atoms with Crippen LogP contribution in [0.2, 0.25) is 0 Å². The van der Waals surface area contributed by atoms with E-state index in [1.165, 1.54) is 0 Å². The van der Waals surface area contributed by atoms with E-state index in [2.05, 4.69) is 23.7 Å². The highest BCUT2D eigenvalue weighted by molar-refractivity contribution is 5.41. The van der Waals surface area contributed by atoms with Gasteiger partial charge in [0, 0.05) is 18.7 Å². The second kappa shape index (κ2) is 6.33. The summed E-state index contributed by atoms with van der Waals surface area (Å²) in [5.41, 5.74) is 5.54. The van der Waals surface area contributed by atoms with Gasteiger partial charge in [0.25, 0.3) is 0 Å². The van der Waals surface area contributed by atoms with E-state index in [0.29, 0.717) is 18.5 Å². The number of anilines is 1. The number of rotatable bonds is 6. The first-order chi connectivity index (χ1) is 7.69. The molecule has 0 unspecified atom stereocenters. The van der Waals surface area contributed by atoms with Crippen LogP contribution in [0.3, 0.4) is 0 Å². The number of methoxy groups -OCH3 is 1. The molecule has 0 radical (unpaired) electrons. The van der Waals surface area contributed by atoms with Crippen LogP contribution in [0.5, 0.6) is 5.88 Å². The Bertz CT molecular complexity index is 315. The van der Waals surface area contributed by atoms with Crippen LogP contribution in [0.15, 0.2) is 18.2 Å². The maximum absolute atomic E-state index is 5.54. The van der Waals surface area contributed by atoms with Gasteiger partial charge in [-0.2, -0.15) is 4.98 Å². The zero-order chi connectivity index (χ0) is 12.0. The van der Waals surface area contributed by atoms with E-state index in [0.717, 1.165) is 18.8 Å². The number of ether oxygens (including phenoxy) is 1. The molecular formula is C12H21N3O. The Morgan fingerprint density at radius 1 is 1.44 bits per heavy atom. The summed E-state index contributed by atoms with van der Waals surface area (Å²) in [6.45, 7) is 5.93. The van der Waals surface area contributed by atoms with Crippen molar-refractivity contribution >= 4 is 5.82 Å². The van der Waals surface area contributed by atoms with Crippen molar-refractivity contribution in [2.45, 2.75) is 26.3 Å². The van der Waals surface area contributed by atoms with Crippen LogP contribution in [0, 0.1) is 0 Å². The van der Waals surface area contributed by atoms with Crippen molar-refractivity contribution in [1.82, 2.24) is 4.98 Å². The Morgan fingerprint density at radius 3 is 2.75 bits per heavy atom. The summed E-state index contributed by atoms with van der Waals surface area (Å²) in [7, 11) is 1.63. The van der Waals surface area contributed by atoms with Gasteiger partial charge in [-0.1, -0.05) is 6.07 Å². The highest BCUT2D eigenvalue weighted by Crippen LogP contribution is 2.17. The summed E-state index contributed by atoms with van der Waals surface area (Å²) in [5.74, 6) is 1.60. The Hall–Kier alpha value is -1.29. The van der Waals surface area contributed by atoms with Gasteiger partial charge in [-0.05, 0) is 32.9 Å². The van der Waals surface area contributed by atoms with Crippen molar-refractivity contribution in [3.63, 3.8) is 0 Å². The van der Waals surface area contributed by atoms with Crippen molar-refractivity contribution in [3.8, 4) is 5.88 Å². The molecule has 0 fully saturated rings. The molecule has 0 aliphatic carbocycles. The van der Waals surface area contributed by atoms with Gasteiger partial charge in [0.1, 0.15) is 5.82 Å². The normalized spacial score (nSPS) is 10.6. The highest BCUT2D eigenvalue weighted by atomic mass is 16.5. The summed E-state index contributed by atoms with van der Waals surface area (Å²) in [5, 5.41) is 0. The maximum atomic E-state index is 5.54. The van der Waals surface area contributed by atoms with E-state index < -0.39 is 0 Å². The third-order valence-electron chi connectivity index (χ3n) is 2.44. The minimum absolute atomic E-state index is 0.408. The van der Waals surface area contributed by atoms with Gasteiger partial charge in [0.2, 0.25) is 5.88 Å². The van der Waals surface area contributed by atoms with Gasteiger partial charge in [-0.15, -0.1) is 0 Å². The molecule has 0 aliphatic rings. The van der Waals surface area contributed by atoms with E-state index in [4.69, 9.17) is 10.5 Å². The number of hydrogen-bond donors (Lipinski definition) is 1. The van der Waals surface area contributed by atoms with Crippen LogP contribution in [0.25, 0.3) is 0 Å². The van der Waals surface area contributed by atoms with Crippen molar-refractivity contribution < 1.29 is 4.74 Å². The summed E-state index contributed by atoms with van der Waals surface area (Å²) >= 11 is 0. The predicted molar refractivity (Wildman–Crippen MR) is 66.9 cm³/mol. The number of pyridine rings is 1. The monoisotopic (exact) mass is 223 g/mol. The zero-order valence-electron chi connectivity index (χ0n) is 10.3. The number of aromatic nitrogens is 1. The standard InChI is InChI=1S/C12H21N3O/c1-10(2)15(9-5-8-13)11-6-4-7-12(14-11)16-3/h4,6-7,10H,5,8-9,13H2,1-3H3. The lowest BCUT2D eigenvalue weighted by molar-refractivity contribution is 0.397. The first-order valence-corrected chi connectivity index (χ1v) is 5.66. The molecule has 0 aliphatic heterocycles. The van der Waals surface area contributed by atoms with E-state index in [9.17, 15) is 0 Å².